The second-order valence-electron chi connectivity index (χ2n) is 6.97. The Labute approximate surface area is 130 Å². The molecule has 0 aromatic carbocycles. The Kier molecular flexibility index (Phi) is 3.47. The summed E-state index contributed by atoms with van der Waals surface area (Å²) in [5.41, 5.74) is 1.52. The fourth-order valence-electron chi connectivity index (χ4n) is 2.42. The first-order chi connectivity index (χ1) is 10.4. The van der Waals surface area contributed by atoms with Crippen LogP contribution in [0.15, 0.2) is 24.5 Å². The Bertz CT molecular complexity index is 790. The molecule has 0 bridgehead atoms. The Balaban J connectivity index is 2.18. The van der Waals surface area contributed by atoms with Gasteiger partial charge in [-0.25, -0.2) is 19.2 Å². The van der Waals surface area contributed by atoms with Gasteiger partial charge in [-0.3, -0.25) is 0 Å². The zero-order chi connectivity index (χ0) is 15.9. The van der Waals surface area contributed by atoms with Gasteiger partial charge in [0.05, 0.1) is 11.7 Å². The largest absolute Gasteiger partial charge is 0.239 e. The maximum absolute atomic E-state index is 4.76. The van der Waals surface area contributed by atoms with E-state index in [0.717, 1.165) is 29.4 Å². The van der Waals surface area contributed by atoms with Crippen molar-refractivity contribution in [2.45, 2.75) is 46.6 Å². The number of fused-ring (bicyclic) bond motifs is 1. The molecule has 0 aliphatic carbocycles. The summed E-state index contributed by atoms with van der Waals surface area (Å²) in [6, 6.07) is 3.81. The van der Waals surface area contributed by atoms with Crippen LogP contribution >= 0.6 is 0 Å². The molecule has 0 radical (unpaired) electrons. The van der Waals surface area contributed by atoms with Crippen molar-refractivity contribution in [1.82, 2.24) is 29.4 Å². The van der Waals surface area contributed by atoms with E-state index < -0.39 is 0 Å². The minimum atomic E-state index is -0.156. The molecule has 22 heavy (non-hydrogen) atoms. The first-order valence-electron chi connectivity index (χ1n) is 7.62. The number of rotatable bonds is 3. The minimum Gasteiger partial charge on any atom is -0.239 e. The van der Waals surface area contributed by atoms with Crippen LogP contribution in [0.3, 0.4) is 0 Å². The first-order valence-corrected chi connectivity index (χ1v) is 7.62. The smallest absolute Gasteiger partial charge is 0.179 e. The lowest BCUT2D eigenvalue weighted by atomic mass is 10.1. The Morgan fingerprint density at radius 2 is 2.00 bits per heavy atom. The number of nitrogens with zero attached hydrogens (tertiary/aromatic N) is 6. The zero-order valence-electron chi connectivity index (χ0n) is 13.8. The second-order valence-corrected chi connectivity index (χ2v) is 6.97. The highest BCUT2D eigenvalue weighted by Gasteiger charge is 2.24. The van der Waals surface area contributed by atoms with Crippen molar-refractivity contribution >= 4 is 5.65 Å². The van der Waals surface area contributed by atoms with Crippen molar-refractivity contribution in [2.24, 2.45) is 5.92 Å². The van der Waals surface area contributed by atoms with Crippen LogP contribution in [-0.2, 0) is 12.0 Å². The van der Waals surface area contributed by atoms with Gasteiger partial charge in [-0.2, -0.15) is 10.2 Å². The normalized spacial score (nSPS) is 12.5. The summed E-state index contributed by atoms with van der Waals surface area (Å²) in [4.78, 5) is 9.17. The van der Waals surface area contributed by atoms with Crippen molar-refractivity contribution in [3.05, 3.63) is 30.4 Å². The lowest BCUT2D eigenvalue weighted by Crippen LogP contribution is -2.24. The molecule has 0 saturated heterocycles. The van der Waals surface area contributed by atoms with Gasteiger partial charge in [-0.05, 0) is 38.8 Å². The Hall–Kier alpha value is -2.24. The van der Waals surface area contributed by atoms with Gasteiger partial charge in [-0.1, -0.05) is 13.8 Å². The van der Waals surface area contributed by atoms with Gasteiger partial charge in [-0.15, -0.1) is 0 Å². The quantitative estimate of drug-likeness (QED) is 0.746. The summed E-state index contributed by atoms with van der Waals surface area (Å²) in [7, 11) is 0. The third kappa shape index (κ3) is 2.61. The molecule has 6 heteroatoms. The van der Waals surface area contributed by atoms with Crippen LogP contribution in [0.5, 0.6) is 0 Å². The van der Waals surface area contributed by atoms with E-state index in [1.165, 1.54) is 0 Å². The maximum Gasteiger partial charge on any atom is 0.179 e. The number of hydrogen-bond acceptors (Lipinski definition) is 4. The van der Waals surface area contributed by atoms with Crippen LogP contribution in [0.4, 0.5) is 0 Å². The van der Waals surface area contributed by atoms with Crippen molar-refractivity contribution in [2.75, 3.05) is 0 Å². The molecule has 0 spiro atoms. The number of aromatic nitrogens is 6. The third-order valence-electron chi connectivity index (χ3n) is 3.38. The Morgan fingerprint density at radius 1 is 1.23 bits per heavy atom. The average Bonchev–Trinajstić information content (AvgIpc) is 3.00. The molecule has 3 aromatic heterocycles. The van der Waals surface area contributed by atoms with Gasteiger partial charge >= 0.3 is 0 Å². The van der Waals surface area contributed by atoms with Crippen molar-refractivity contribution in [3.63, 3.8) is 0 Å². The molecule has 6 nitrogen and oxygen atoms in total. The van der Waals surface area contributed by atoms with E-state index in [0.29, 0.717) is 5.92 Å². The molecule has 0 aliphatic heterocycles. The summed E-state index contributed by atoms with van der Waals surface area (Å²) in [6.07, 6.45) is 4.43. The second kappa shape index (κ2) is 5.19. The Morgan fingerprint density at radius 3 is 2.68 bits per heavy atom. The van der Waals surface area contributed by atoms with Crippen LogP contribution in [-0.4, -0.2) is 29.4 Å². The topological polar surface area (TPSA) is 60.9 Å². The van der Waals surface area contributed by atoms with E-state index in [2.05, 4.69) is 44.7 Å². The number of hydrogen-bond donors (Lipinski definition) is 0. The predicted octanol–water partition coefficient (Wildman–Crippen LogP) is 2.94. The summed E-state index contributed by atoms with van der Waals surface area (Å²) < 4.78 is 3.79. The van der Waals surface area contributed by atoms with Crippen molar-refractivity contribution in [3.8, 4) is 11.5 Å². The standard InChI is InChI=1S/C16H22N6/c1-11(2)9-13-19-15(22(20-13)16(3,4)5)12-10-17-14-7-6-8-18-21(12)14/h6-8,10-11H,9H2,1-5H3. The number of imidazole rings is 1. The van der Waals surface area contributed by atoms with Gasteiger partial charge in [0.15, 0.2) is 17.3 Å². The minimum absolute atomic E-state index is 0.156. The summed E-state index contributed by atoms with van der Waals surface area (Å²) in [5.74, 6) is 2.20. The molecule has 0 saturated carbocycles. The third-order valence-corrected chi connectivity index (χ3v) is 3.38. The first kappa shape index (κ1) is 14.7. The predicted molar refractivity (Wildman–Crippen MR) is 85.5 cm³/mol. The summed E-state index contributed by atoms with van der Waals surface area (Å²) in [5, 5.41) is 9.11. The van der Waals surface area contributed by atoms with E-state index in [9.17, 15) is 0 Å². The lowest BCUT2D eigenvalue weighted by molar-refractivity contribution is 0.355. The lowest BCUT2D eigenvalue weighted by Gasteiger charge is -2.20. The molecule has 0 amide bonds. The van der Waals surface area contributed by atoms with E-state index in [1.807, 2.05) is 27.5 Å². The molecule has 0 fully saturated rings. The zero-order valence-corrected chi connectivity index (χ0v) is 13.8. The van der Waals surface area contributed by atoms with Gasteiger partial charge in [0.25, 0.3) is 0 Å². The molecule has 0 aliphatic rings. The SMILES string of the molecule is CC(C)Cc1nc(-c2cnc3cccnn23)n(C(C)(C)C)n1. The molecule has 0 unspecified atom stereocenters. The van der Waals surface area contributed by atoms with Gasteiger partial charge in [0.1, 0.15) is 5.69 Å². The van der Waals surface area contributed by atoms with Crippen molar-refractivity contribution in [1.29, 1.82) is 0 Å². The van der Waals surface area contributed by atoms with Gasteiger partial charge in [0, 0.05) is 12.6 Å². The van der Waals surface area contributed by atoms with Gasteiger partial charge < -0.3 is 0 Å². The van der Waals surface area contributed by atoms with E-state index in [1.54, 1.807) is 6.20 Å². The molecule has 0 N–H and O–H groups in total. The molecule has 116 valence electrons. The summed E-state index contributed by atoms with van der Waals surface area (Å²) in [6.45, 7) is 10.7. The molecular formula is C16H22N6. The monoisotopic (exact) mass is 298 g/mol. The van der Waals surface area contributed by atoms with Crippen LogP contribution < -0.4 is 0 Å². The van der Waals surface area contributed by atoms with Crippen LogP contribution in [0.25, 0.3) is 17.2 Å². The van der Waals surface area contributed by atoms with Crippen LogP contribution in [0.1, 0.15) is 40.4 Å². The van der Waals surface area contributed by atoms with E-state index in [-0.39, 0.29) is 5.54 Å². The van der Waals surface area contributed by atoms with Crippen molar-refractivity contribution < 1.29 is 0 Å². The fraction of sp³-hybridized carbons (Fsp3) is 0.500. The van der Waals surface area contributed by atoms with E-state index in [4.69, 9.17) is 10.1 Å². The fourth-order valence-corrected chi connectivity index (χ4v) is 2.42. The van der Waals surface area contributed by atoms with Crippen LogP contribution in [0.2, 0.25) is 0 Å². The molecule has 3 rings (SSSR count). The average molecular weight is 298 g/mol. The van der Waals surface area contributed by atoms with E-state index >= 15 is 0 Å². The highest BCUT2D eigenvalue weighted by Crippen LogP contribution is 2.25. The molecule has 3 heterocycles. The molecule has 0 atom stereocenters. The highest BCUT2D eigenvalue weighted by atomic mass is 15.4. The summed E-state index contributed by atoms with van der Waals surface area (Å²) >= 11 is 0. The molecule has 3 aromatic rings. The van der Waals surface area contributed by atoms with Crippen LogP contribution in [0, 0.1) is 5.92 Å². The maximum atomic E-state index is 4.76. The highest BCUT2D eigenvalue weighted by molar-refractivity contribution is 5.56. The van der Waals surface area contributed by atoms with Gasteiger partial charge in [0.2, 0.25) is 0 Å². The molecular weight excluding hydrogens is 276 g/mol.